The second-order valence-electron chi connectivity index (χ2n) is 6.40. The molecular formula is C21H23N3O2. The lowest BCUT2D eigenvalue weighted by Gasteiger charge is -2.18. The third-order valence-corrected chi connectivity index (χ3v) is 4.46. The van der Waals surface area contributed by atoms with E-state index in [4.69, 9.17) is 0 Å². The molecule has 0 bridgehead atoms. The molecule has 134 valence electrons. The third kappa shape index (κ3) is 4.79. The Kier molecular flexibility index (Phi) is 6.14. The molecule has 1 aliphatic carbocycles. The van der Waals surface area contributed by atoms with Gasteiger partial charge in [-0.05, 0) is 43.4 Å². The summed E-state index contributed by atoms with van der Waals surface area (Å²) >= 11 is 0. The van der Waals surface area contributed by atoms with Crippen LogP contribution in [0.25, 0.3) is 0 Å². The topological polar surface area (TPSA) is 70.6 Å². The molecule has 0 saturated heterocycles. The maximum atomic E-state index is 12.7. The predicted molar refractivity (Wildman–Crippen MR) is 102 cm³/mol. The molecule has 26 heavy (non-hydrogen) atoms. The minimum absolute atomic E-state index is 0.292. The van der Waals surface area contributed by atoms with E-state index in [9.17, 15) is 9.59 Å². The Bertz CT molecular complexity index is 764. The maximum Gasteiger partial charge on any atom is 0.267 e. The number of rotatable bonds is 5. The highest BCUT2D eigenvalue weighted by molar-refractivity contribution is 5.98. The minimum Gasteiger partial charge on any atom is -0.336 e. The van der Waals surface area contributed by atoms with Crippen LogP contribution in [0.2, 0.25) is 0 Å². The van der Waals surface area contributed by atoms with Gasteiger partial charge in [0.2, 0.25) is 0 Å². The van der Waals surface area contributed by atoms with Gasteiger partial charge in [0.25, 0.3) is 11.8 Å². The lowest BCUT2D eigenvalue weighted by Crippen LogP contribution is -2.39. The van der Waals surface area contributed by atoms with Crippen LogP contribution >= 0.6 is 0 Å². The number of nitrogens with one attached hydrogen (secondary N) is 2. The number of benzene rings is 2. The molecule has 1 atom stereocenters. The lowest BCUT2D eigenvalue weighted by atomic mass is 9.99. The van der Waals surface area contributed by atoms with Gasteiger partial charge in [0.1, 0.15) is 6.04 Å². The van der Waals surface area contributed by atoms with Gasteiger partial charge in [0.15, 0.2) is 0 Å². The molecule has 0 radical (unpaired) electrons. The summed E-state index contributed by atoms with van der Waals surface area (Å²) in [6.07, 6.45) is 5.29. The summed E-state index contributed by atoms with van der Waals surface area (Å²) in [7, 11) is 0. The average molecular weight is 349 g/mol. The molecule has 3 rings (SSSR count). The Morgan fingerprint density at radius 1 is 0.846 bits per heavy atom. The molecular weight excluding hydrogens is 326 g/mol. The van der Waals surface area contributed by atoms with Gasteiger partial charge in [-0.25, -0.2) is 5.43 Å². The van der Waals surface area contributed by atoms with E-state index in [0.29, 0.717) is 5.56 Å². The summed E-state index contributed by atoms with van der Waals surface area (Å²) in [5, 5.41) is 7.09. The fourth-order valence-electron chi connectivity index (χ4n) is 3.02. The van der Waals surface area contributed by atoms with Crippen LogP contribution in [0.5, 0.6) is 0 Å². The van der Waals surface area contributed by atoms with Crippen molar-refractivity contribution in [2.45, 2.75) is 38.1 Å². The summed E-state index contributed by atoms with van der Waals surface area (Å²) in [5.74, 6) is -0.626. The van der Waals surface area contributed by atoms with Gasteiger partial charge in [0, 0.05) is 11.3 Å². The molecule has 1 fully saturated rings. The van der Waals surface area contributed by atoms with Crippen molar-refractivity contribution in [2.24, 2.45) is 5.10 Å². The Labute approximate surface area is 153 Å². The fourth-order valence-corrected chi connectivity index (χ4v) is 3.02. The predicted octanol–water partition coefficient (Wildman–Crippen LogP) is 3.59. The molecule has 0 spiro atoms. The number of nitrogens with zero attached hydrogens (tertiary/aromatic N) is 1. The maximum absolute atomic E-state index is 12.7. The smallest absolute Gasteiger partial charge is 0.267 e. The zero-order chi connectivity index (χ0) is 18.2. The Morgan fingerprint density at radius 2 is 1.46 bits per heavy atom. The molecule has 5 heteroatoms. The quantitative estimate of drug-likeness (QED) is 0.810. The molecule has 0 aliphatic heterocycles. The highest BCUT2D eigenvalue weighted by atomic mass is 16.2. The number of hydrazone groups is 1. The van der Waals surface area contributed by atoms with Crippen LogP contribution in [0.15, 0.2) is 65.8 Å². The first kappa shape index (κ1) is 17.9. The first-order chi connectivity index (χ1) is 12.7. The van der Waals surface area contributed by atoms with Crippen molar-refractivity contribution in [2.75, 3.05) is 0 Å². The Morgan fingerprint density at radius 3 is 2.12 bits per heavy atom. The molecule has 1 aliphatic rings. The summed E-state index contributed by atoms with van der Waals surface area (Å²) in [6, 6.07) is 17.3. The van der Waals surface area contributed by atoms with Gasteiger partial charge in [-0.1, -0.05) is 55.0 Å². The first-order valence-electron chi connectivity index (χ1n) is 9.00. The van der Waals surface area contributed by atoms with Crippen molar-refractivity contribution in [1.82, 2.24) is 10.7 Å². The van der Waals surface area contributed by atoms with Gasteiger partial charge in [0.05, 0.1) is 0 Å². The van der Waals surface area contributed by atoms with E-state index in [2.05, 4.69) is 15.8 Å². The monoisotopic (exact) mass is 349 g/mol. The average Bonchev–Trinajstić information content (AvgIpc) is 2.72. The minimum atomic E-state index is -0.795. The Balaban J connectivity index is 1.75. The second kappa shape index (κ2) is 8.94. The van der Waals surface area contributed by atoms with Crippen LogP contribution < -0.4 is 10.7 Å². The standard InChI is InChI=1S/C21H23N3O2/c25-20(17-12-6-2-7-13-17)22-19(16-10-4-1-5-11-16)21(26)24-23-18-14-8-3-9-15-18/h1-2,4-7,10-13,19H,3,8-9,14-15H2,(H,22,25)(H,24,26)/t19-/m0/s1. The van der Waals surface area contributed by atoms with Crippen LogP contribution in [0.4, 0.5) is 0 Å². The zero-order valence-corrected chi connectivity index (χ0v) is 14.7. The molecule has 0 heterocycles. The normalized spacial score (nSPS) is 15.0. The lowest BCUT2D eigenvalue weighted by molar-refractivity contribution is -0.123. The molecule has 2 N–H and O–H groups in total. The van der Waals surface area contributed by atoms with Crippen LogP contribution in [0.1, 0.15) is 54.1 Å². The summed E-state index contributed by atoms with van der Waals surface area (Å²) in [5.41, 5.74) is 4.90. The van der Waals surface area contributed by atoms with Crippen molar-refractivity contribution < 1.29 is 9.59 Å². The summed E-state index contributed by atoms with van der Waals surface area (Å²) < 4.78 is 0. The van der Waals surface area contributed by atoms with Crippen LogP contribution in [0, 0.1) is 0 Å². The van der Waals surface area contributed by atoms with E-state index in [1.54, 1.807) is 24.3 Å². The van der Waals surface area contributed by atoms with Crippen LogP contribution in [-0.2, 0) is 4.79 Å². The van der Waals surface area contributed by atoms with Crippen molar-refractivity contribution in [3.8, 4) is 0 Å². The summed E-state index contributed by atoms with van der Waals surface area (Å²) in [6.45, 7) is 0. The van der Waals surface area contributed by atoms with Gasteiger partial charge in [-0.15, -0.1) is 0 Å². The van der Waals surface area contributed by atoms with E-state index in [1.165, 1.54) is 6.42 Å². The van der Waals surface area contributed by atoms with Crippen molar-refractivity contribution in [1.29, 1.82) is 0 Å². The van der Waals surface area contributed by atoms with Crippen molar-refractivity contribution in [3.05, 3.63) is 71.8 Å². The van der Waals surface area contributed by atoms with Crippen LogP contribution in [-0.4, -0.2) is 17.5 Å². The van der Waals surface area contributed by atoms with Gasteiger partial charge in [-0.3, -0.25) is 9.59 Å². The molecule has 2 aromatic carbocycles. The number of amides is 2. The number of carbonyl (C=O) groups excluding carboxylic acids is 2. The van der Waals surface area contributed by atoms with E-state index in [0.717, 1.165) is 37.0 Å². The third-order valence-electron chi connectivity index (χ3n) is 4.46. The first-order valence-corrected chi connectivity index (χ1v) is 9.00. The molecule has 5 nitrogen and oxygen atoms in total. The number of hydrogen-bond acceptors (Lipinski definition) is 3. The van der Waals surface area contributed by atoms with E-state index in [1.807, 2.05) is 36.4 Å². The van der Waals surface area contributed by atoms with Gasteiger partial charge < -0.3 is 5.32 Å². The molecule has 1 saturated carbocycles. The molecule has 0 aromatic heterocycles. The van der Waals surface area contributed by atoms with Gasteiger partial charge >= 0.3 is 0 Å². The largest absolute Gasteiger partial charge is 0.336 e. The fraction of sp³-hybridized carbons (Fsp3) is 0.286. The SMILES string of the molecule is O=C(N[C@H](C(=O)NN=C1CCCCC1)c1ccccc1)c1ccccc1. The number of hydrogen-bond donors (Lipinski definition) is 2. The van der Waals surface area contributed by atoms with Crippen molar-refractivity contribution >= 4 is 17.5 Å². The number of carbonyl (C=O) groups is 2. The molecule has 2 amide bonds. The summed E-state index contributed by atoms with van der Waals surface area (Å²) in [4.78, 5) is 25.2. The highest BCUT2D eigenvalue weighted by Crippen LogP contribution is 2.16. The van der Waals surface area contributed by atoms with Crippen molar-refractivity contribution in [3.63, 3.8) is 0 Å². The molecule has 0 unspecified atom stereocenters. The Hall–Kier alpha value is -2.95. The van der Waals surface area contributed by atoms with E-state index in [-0.39, 0.29) is 11.8 Å². The second-order valence-corrected chi connectivity index (χ2v) is 6.40. The molecule has 2 aromatic rings. The van der Waals surface area contributed by atoms with Crippen LogP contribution in [0.3, 0.4) is 0 Å². The highest BCUT2D eigenvalue weighted by Gasteiger charge is 2.23. The van der Waals surface area contributed by atoms with Gasteiger partial charge in [-0.2, -0.15) is 5.10 Å². The van der Waals surface area contributed by atoms with E-state index < -0.39 is 6.04 Å². The van der Waals surface area contributed by atoms with E-state index >= 15 is 0 Å². The zero-order valence-electron chi connectivity index (χ0n) is 14.7.